The van der Waals surface area contributed by atoms with Crippen LogP contribution in [-0.4, -0.2) is 27.9 Å². The van der Waals surface area contributed by atoms with Crippen LogP contribution in [0.2, 0.25) is 0 Å². The van der Waals surface area contributed by atoms with Crippen molar-refractivity contribution in [3.8, 4) is 0 Å². The van der Waals surface area contributed by atoms with E-state index >= 15 is 0 Å². The largest absolute Gasteiger partial charge is 0.456 e. The van der Waals surface area contributed by atoms with Crippen LogP contribution in [0.25, 0.3) is 0 Å². The van der Waals surface area contributed by atoms with Crippen LogP contribution in [0.15, 0.2) is 40.1 Å². The van der Waals surface area contributed by atoms with Crippen molar-refractivity contribution in [2.45, 2.75) is 32.2 Å². The Labute approximate surface area is 143 Å². The summed E-state index contributed by atoms with van der Waals surface area (Å²) >= 11 is 0. The van der Waals surface area contributed by atoms with E-state index < -0.39 is 17.2 Å². The third-order valence-electron chi connectivity index (χ3n) is 4.23. The molecular formula is C18H18N2O5. The Balaban J connectivity index is 1.59. The van der Waals surface area contributed by atoms with Crippen molar-refractivity contribution in [1.82, 2.24) is 9.55 Å². The minimum absolute atomic E-state index is 0.282. The predicted octanol–water partition coefficient (Wildman–Crippen LogP) is 0.841. The van der Waals surface area contributed by atoms with Crippen molar-refractivity contribution < 1.29 is 14.3 Å². The lowest BCUT2D eigenvalue weighted by atomic mass is 9.90. The number of Topliss-reactive ketones (excluding diaryl/α,β-unsaturated/α-hetero) is 1. The third kappa shape index (κ3) is 4.12. The minimum atomic E-state index is -0.722. The molecule has 0 saturated carbocycles. The lowest BCUT2D eigenvalue weighted by Gasteiger charge is -2.16. The summed E-state index contributed by atoms with van der Waals surface area (Å²) in [6.07, 6.45) is 5.49. The van der Waals surface area contributed by atoms with Crippen molar-refractivity contribution in [3.63, 3.8) is 0 Å². The van der Waals surface area contributed by atoms with Crippen LogP contribution in [0.4, 0.5) is 0 Å². The zero-order chi connectivity index (χ0) is 17.8. The number of ketones is 1. The first-order valence-corrected chi connectivity index (χ1v) is 8.13. The van der Waals surface area contributed by atoms with Crippen LogP contribution in [-0.2, 0) is 28.9 Å². The SMILES string of the molecule is O=C(Cn1ccc(=O)[nH]c1=O)OCC(=O)c1ccc2c(c1)CCCC2. The average molecular weight is 342 g/mol. The zero-order valence-electron chi connectivity index (χ0n) is 13.6. The number of fused-ring (bicyclic) bond motifs is 1. The molecule has 0 radical (unpaired) electrons. The molecule has 0 spiro atoms. The smallest absolute Gasteiger partial charge is 0.328 e. The van der Waals surface area contributed by atoms with Crippen LogP contribution in [0, 0.1) is 0 Å². The van der Waals surface area contributed by atoms with Crippen molar-refractivity contribution in [2.75, 3.05) is 6.61 Å². The normalized spacial score (nSPS) is 13.1. The molecule has 0 unspecified atom stereocenters. The molecule has 3 rings (SSSR count). The summed E-state index contributed by atoms with van der Waals surface area (Å²) in [7, 11) is 0. The number of nitrogens with zero attached hydrogens (tertiary/aromatic N) is 1. The lowest BCUT2D eigenvalue weighted by Crippen LogP contribution is -2.31. The zero-order valence-corrected chi connectivity index (χ0v) is 13.6. The molecule has 0 bridgehead atoms. The Morgan fingerprint density at radius 3 is 2.60 bits per heavy atom. The number of carbonyl (C=O) groups is 2. The monoisotopic (exact) mass is 342 g/mol. The van der Waals surface area contributed by atoms with Crippen molar-refractivity contribution in [1.29, 1.82) is 0 Å². The Kier molecular flexibility index (Phi) is 4.92. The van der Waals surface area contributed by atoms with E-state index in [1.54, 1.807) is 6.07 Å². The average Bonchev–Trinajstić information content (AvgIpc) is 2.61. The fraction of sp³-hybridized carbons (Fsp3) is 0.333. The van der Waals surface area contributed by atoms with E-state index in [1.165, 1.54) is 23.7 Å². The summed E-state index contributed by atoms with van der Waals surface area (Å²) < 4.78 is 5.96. The molecule has 0 atom stereocenters. The highest BCUT2D eigenvalue weighted by Gasteiger charge is 2.15. The van der Waals surface area contributed by atoms with Crippen molar-refractivity contribution in [3.05, 3.63) is 68.0 Å². The number of carbonyl (C=O) groups excluding carboxylic acids is 2. The molecule has 0 saturated heterocycles. The summed E-state index contributed by atoms with van der Waals surface area (Å²) in [5.74, 6) is -1.00. The minimum Gasteiger partial charge on any atom is -0.456 e. The third-order valence-corrected chi connectivity index (χ3v) is 4.23. The lowest BCUT2D eigenvalue weighted by molar-refractivity contribution is -0.143. The number of hydrogen-bond acceptors (Lipinski definition) is 5. The molecule has 1 aromatic carbocycles. The number of benzene rings is 1. The van der Waals surface area contributed by atoms with Gasteiger partial charge in [0, 0.05) is 17.8 Å². The highest BCUT2D eigenvalue weighted by atomic mass is 16.5. The highest BCUT2D eigenvalue weighted by molar-refractivity contribution is 5.98. The van der Waals surface area contributed by atoms with E-state index in [2.05, 4.69) is 0 Å². The Hall–Kier alpha value is -2.96. The van der Waals surface area contributed by atoms with Gasteiger partial charge in [-0.2, -0.15) is 0 Å². The van der Waals surface area contributed by atoms with Gasteiger partial charge < -0.3 is 4.74 Å². The predicted molar refractivity (Wildman–Crippen MR) is 89.7 cm³/mol. The van der Waals surface area contributed by atoms with Gasteiger partial charge in [0.25, 0.3) is 5.56 Å². The number of aromatic nitrogens is 2. The molecule has 0 fully saturated rings. The second-order valence-corrected chi connectivity index (χ2v) is 6.01. The number of nitrogens with one attached hydrogen (secondary N) is 1. The first-order chi connectivity index (χ1) is 12.0. The van der Waals surface area contributed by atoms with E-state index in [1.807, 2.05) is 17.1 Å². The fourth-order valence-corrected chi connectivity index (χ4v) is 2.89. The van der Waals surface area contributed by atoms with Gasteiger partial charge in [0.1, 0.15) is 6.54 Å². The fourth-order valence-electron chi connectivity index (χ4n) is 2.89. The van der Waals surface area contributed by atoms with Gasteiger partial charge in [-0.1, -0.05) is 12.1 Å². The van der Waals surface area contributed by atoms with Gasteiger partial charge in [-0.3, -0.25) is 23.9 Å². The molecule has 7 heteroatoms. The summed E-state index contributed by atoms with van der Waals surface area (Å²) in [6, 6.07) is 6.72. The number of aryl methyl sites for hydroxylation is 2. The second-order valence-electron chi connectivity index (χ2n) is 6.01. The summed E-state index contributed by atoms with van der Waals surface area (Å²) in [4.78, 5) is 48.5. The van der Waals surface area contributed by atoms with E-state index in [-0.39, 0.29) is 18.9 Å². The second kappa shape index (κ2) is 7.29. The Bertz CT molecular complexity index is 926. The van der Waals surface area contributed by atoms with Crippen LogP contribution in [0.5, 0.6) is 0 Å². The van der Waals surface area contributed by atoms with Gasteiger partial charge in [-0.25, -0.2) is 4.79 Å². The maximum absolute atomic E-state index is 12.2. The molecule has 0 aliphatic heterocycles. The first kappa shape index (κ1) is 16.9. The van der Waals surface area contributed by atoms with Gasteiger partial charge in [0.15, 0.2) is 12.4 Å². The first-order valence-electron chi connectivity index (χ1n) is 8.13. The van der Waals surface area contributed by atoms with Crippen molar-refractivity contribution >= 4 is 11.8 Å². The molecule has 1 heterocycles. The number of ether oxygens (including phenoxy) is 1. The molecule has 1 aromatic heterocycles. The van der Waals surface area contributed by atoms with Crippen LogP contribution in [0.3, 0.4) is 0 Å². The summed E-state index contributed by atoms with van der Waals surface area (Å²) in [5.41, 5.74) is 1.73. The molecule has 1 aliphatic rings. The number of H-pyrrole nitrogens is 1. The van der Waals surface area contributed by atoms with E-state index in [0.717, 1.165) is 29.9 Å². The van der Waals surface area contributed by atoms with Crippen LogP contribution >= 0.6 is 0 Å². The van der Waals surface area contributed by atoms with E-state index in [9.17, 15) is 19.2 Å². The van der Waals surface area contributed by atoms with Crippen molar-refractivity contribution in [2.24, 2.45) is 0 Å². The van der Waals surface area contributed by atoms with Gasteiger partial charge in [-0.15, -0.1) is 0 Å². The molecule has 7 nitrogen and oxygen atoms in total. The molecule has 0 amide bonds. The number of esters is 1. The van der Waals surface area contributed by atoms with Gasteiger partial charge in [0.05, 0.1) is 0 Å². The quantitative estimate of drug-likeness (QED) is 0.641. The molecule has 25 heavy (non-hydrogen) atoms. The number of aromatic amines is 1. The van der Waals surface area contributed by atoms with Crippen LogP contribution in [0.1, 0.15) is 34.3 Å². The maximum atomic E-state index is 12.2. The summed E-state index contributed by atoms with van der Waals surface area (Å²) in [5, 5.41) is 0. The molecule has 2 aromatic rings. The number of rotatable bonds is 5. The standard InChI is InChI=1S/C18H18N2O5/c21-15(14-6-5-12-3-1-2-4-13(12)9-14)11-25-17(23)10-20-8-7-16(22)19-18(20)24/h5-9H,1-4,10-11H2,(H,19,22,24). The van der Waals surface area contributed by atoms with E-state index in [0.29, 0.717) is 5.56 Å². The molecule has 1 N–H and O–H groups in total. The maximum Gasteiger partial charge on any atom is 0.328 e. The van der Waals surface area contributed by atoms with Gasteiger partial charge in [-0.05, 0) is 42.9 Å². The topological polar surface area (TPSA) is 98.2 Å². The molecular weight excluding hydrogens is 324 g/mol. The Morgan fingerprint density at radius 2 is 1.84 bits per heavy atom. The molecule has 1 aliphatic carbocycles. The number of hydrogen-bond donors (Lipinski definition) is 1. The highest BCUT2D eigenvalue weighted by Crippen LogP contribution is 2.22. The van der Waals surface area contributed by atoms with E-state index in [4.69, 9.17) is 4.74 Å². The van der Waals surface area contributed by atoms with Crippen LogP contribution < -0.4 is 11.2 Å². The van der Waals surface area contributed by atoms with Gasteiger partial charge in [0.2, 0.25) is 0 Å². The van der Waals surface area contributed by atoms with Gasteiger partial charge >= 0.3 is 11.7 Å². The molecule has 130 valence electrons. The summed E-state index contributed by atoms with van der Waals surface area (Å²) in [6.45, 7) is -0.747. The Morgan fingerprint density at radius 1 is 1.08 bits per heavy atom.